The molecule has 0 bridgehead atoms. The Bertz CT molecular complexity index is 896. The molecule has 4 nitrogen and oxygen atoms in total. The Kier molecular flexibility index (Phi) is 3.79. The number of fused-ring (bicyclic) bond motifs is 1. The van der Waals surface area contributed by atoms with Gasteiger partial charge in [0.2, 0.25) is 0 Å². The first-order valence-electron chi connectivity index (χ1n) is 8.48. The summed E-state index contributed by atoms with van der Waals surface area (Å²) < 4.78 is 0. The Morgan fingerprint density at radius 2 is 1.79 bits per heavy atom. The van der Waals surface area contributed by atoms with E-state index in [4.69, 9.17) is 17.3 Å². The molecule has 1 fully saturated rings. The van der Waals surface area contributed by atoms with Crippen molar-refractivity contribution in [1.29, 1.82) is 0 Å². The number of aromatic nitrogens is 2. The van der Waals surface area contributed by atoms with Crippen molar-refractivity contribution in [3.8, 4) is 11.1 Å². The minimum atomic E-state index is 0.00120. The van der Waals surface area contributed by atoms with Gasteiger partial charge in [0.1, 0.15) is 5.82 Å². The first-order valence-corrected chi connectivity index (χ1v) is 8.48. The Labute approximate surface area is 141 Å². The summed E-state index contributed by atoms with van der Waals surface area (Å²) in [6.07, 6.45) is 4.97. The minimum Gasteiger partial charge on any atom is -0.341 e. The molecule has 1 aliphatic rings. The van der Waals surface area contributed by atoms with Gasteiger partial charge in [-0.25, -0.2) is 9.83 Å². The van der Waals surface area contributed by atoms with Gasteiger partial charge in [-0.15, -0.1) is 0 Å². The molecular weight excluding hydrogens is 296 g/mol. The van der Waals surface area contributed by atoms with E-state index in [2.05, 4.69) is 22.0 Å². The molecule has 2 aromatic carbocycles. The largest absolute Gasteiger partial charge is 0.341 e. The van der Waals surface area contributed by atoms with Crippen molar-refractivity contribution < 1.29 is 0 Å². The van der Waals surface area contributed by atoms with Gasteiger partial charge in [0.25, 0.3) is 0 Å². The van der Waals surface area contributed by atoms with Gasteiger partial charge < -0.3 is 10.7 Å². The van der Waals surface area contributed by atoms with Crippen molar-refractivity contribution in [1.82, 2.24) is 9.97 Å². The van der Waals surface area contributed by atoms with Crippen molar-refractivity contribution in [2.24, 2.45) is 11.7 Å². The average Bonchev–Trinajstić information content (AvgIpc) is 3.30. The van der Waals surface area contributed by atoms with Gasteiger partial charge in [0.15, 0.2) is 5.69 Å². The van der Waals surface area contributed by atoms with Gasteiger partial charge in [-0.05, 0) is 42.0 Å². The molecule has 0 spiro atoms. The third kappa shape index (κ3) is 2.68. The topological polar surface area (TPSA) is 59.1 Å². The fraction of sp³-hybridized carbons (Fsp3) is 0.300. The van der Waals surface area contributed by atoms with Crippen LogP contribution >= 0.6 is 0 Å². The van der Waals surface area contributed by atoms with Crippen LogP contribution in [-0.2, 0) is 0 Å². The smallest absolute Gasteiger partial charge is 0.187 e. The van der Waals surface area contributed by atoms with E-state index >= 15 is 0 Å². The van der Waals surface area contributed by atoms with Gasteiger partial charge in [-0.2, -0.15) is 0 Å². The first-order chi connectivity index (χ1) is 11.7. The summed E-state index contributed by atoms with van der Waals surface area (Å²) in [5.74, 6) is 1.45. The number of rotatable bonds is 3. The lowest BCUT2D eigenvalue weighted by atomic mass is 9.99. The molecule has 3 aromatic rings. The first kappa shape index (κ1) is 14.9. The maximum absolute atomic E-state index is 7.04. The molecule has 0 saturated heterocycles. The van der Waals surface area contributed by atoms with E-state index in [0.717, 1.165) is 28.0 Å². The van der Waals surface area contributed by atoms with E-state index in [1.807, 2.05) is 30.3 Å². The molecule has 1 aliphatic carbocycles. The number of imidazole rings is 1. The zero-order chi connectivity index (χ0) is 16.5. The fourth-order valence-electron chi connectivity index (χ4n) is 3.63. The van der Waals surface area contributed by atoms with Crippen LogP contribution in [-0.4, -0.2) is 9.97 Å². The van der Waals surface area contributed by atoms with Crippen LogP contribution in [0, 0.1) is 12.5 Å². The Morgan fingerprint density at radius 3 is 2.50 bits per heavy atom. The summed E-state index contributed by atoms with van der Waals surface area (Å²) in [5.41, 5.74) is 11.3. The summed E-state index contributed by atoms with van der Waals surface area (Å²) >= 11 is 0. The zero-order valence-corrected chi connectivity index (χ0v) is 13.5. The summed E-state index contributed by atoms with van der Waals surface area (Å²) in [6, 6.07) is 13.9. The highest BCUT2D eigenvalue weighted by Gasteiger charge is 2.25. The van der Waals surface area contributed by atoms with Crippen molar-refractivity contribution >= 4 is 16.7 Å². The van der Waals surface area contributed by atoms with Crippen LogP contribution in [0.15, 0.2) is 42.5 Å². The molecule has 0 unspecified atom stereocenters. The predicted molar refractivity (Wildman–Crippen MR) is 96.7 cm³/mol. The third-order valence-electron chi connectivity index (χ3n) is 5.05. The summed E-state index contributed by atoms with van der Waals surface area (Å²) in [7, 11) is 0. The molecule has 1 saturated carbocycles. The molecule has 3 N–H and O–H groups in total. The second-order valence-electron chi connectivity index (χ2n) is 6.58. The molecule has 1 atom stereocenters. The SMILES string of the molecule is [C-]#[N+]c1ccc(-c2ccc3nc([C@@H](N)C4CCCC4)[nH]c3c2)cc1. The number of hydrogen-bond donors (Lipinski definition) is 2. The predicted octanol–water partition coefficient (Wildman–Crippen LogP) is 4.97. The molecule has 4 heteroatoms. The van der Waals surface area contributed by atoms with Crippen LogP contribution in [0.5, 0.6) is 0 Å². The van der Waals surface area contributed by atoms with Gasteiger partial charge in [-0.1, -0.05) is 43.2 Å². The van der Waals surface area contributed by atoms with Gasteiger partial charge in [0.05, 0.1) is 23.6 Å². The van der Waals surface area contributed by atoms with Crippen LogP contribution in [0.25, 0.3) is 27.0 Å². The summed E-state index contributed by atoms with van der Waals surface area (Å²) in [6.45, 7) is 7.04. The highest BCUT2D eigenvalue weighted by Crippen LogP contribution is 2.34. The maximum atomic E-state index is 7.04. The molecule has 0 amide bonds. The van der Waals surface area contributed by atoms with Crippen molar-refractivity contribution in [3.05, 3.63) is 59.7 Å². The molecule has 1 heterocycles. The number of nitrogens with zero attached hydrogens (tertiary/aromatic N) is 2. The van der Waals surface area contributed by atoms with E-state index in [-0.39, 0.29) is 6.04 Å². The quantitative estimate of drug-likeness (QED) is 0.670. The lowest BCUT2D eigenvalue weighted by Crippen LogP contribution is -2.20. The van der Waals surface area contributed by atoms with E-state index in [0.29, 0.717) is 11.6 Å². The number of nitrogens with two attached hydrogens (primary N) is 1. The van der Waals surface area contributed by atoms with Crippen molar-refractivity contribution in [2.45, 2.75) is 31.7 Å². The molecule has 1 aromatic heterocycles. The Hall–Kier alpha value is -2.64. The Morgan fingerprint density at radius 1 is 1.08 bits per heavy atom. The van der Waals surface area contributed by atoms with Gasteiger partial charge in [-0.3, -0.25) is 0 Å². The second-order valence-corrected chi connectivity index (χ2v) is 6.58. The number of H-pyrrole nitrogens is 1. The van der Waals surface area contributed by atoms with Crippen LogP contribution in [0.2, 0.25) is 0 Å². The molecule has 24 heavy (non-hydrogen) atoms. The van der Waals surface area contributed by atoms with E-state index < -0.39 is 0 Å². The minimum absolute atomic E-state index is 0.00120. The average molecular weight is 316 g/mol. The molecule has 0 aliphatic heterocycles. The normalized spacial score (nSPS) is 16.3. The number of aromatic amines is 1. The molecule has 4 rings (SSSR count). The van der Waals surface area contributed by atoms with E-state index in [9.17, 15) is 0 Å². The third-order valence-corrected chi connectivity index (χ3v) is 5.05. The highest BCUT2D eigenvalue weighted by molar-refractivity contribution is 5.82. The van der Waals surface area contributed by atoms with Crippen LogP contribution < -0.4 is 5.73 Å². The van der Waals surface area contributed by atoms with E-state index in [1.165, 1.54) is 25.7 Å². The number of hydrogen-bond acceptors (Lipinski definition) is 2. The van der Waals surface area contributed by atoms with Gasteiger partial charge >= 0.3 is 0 Å². The monoisotopic (exact) mass is 316 g/mol. The number of benzene rings is 2. The van der Waals surface area contributed by atoms with Crippen LogP contribution in [0.3, 0.4) is 0 Å². The second kappa shape index (κ2) is 6.10. The molecule has 0 radical (unpaired) electrons. The van der Waals surface area contributed by atoms with E-state index in [1.54, 1.807) is 0 Å². The van der Waals surface area contributed by atoms with Gasteiger partial charge in [0, 0.05) is 0 Å². The highest BCUT2D eigenvalue weighted by atomic mass is 15.0. The number of nitrogens with one attached hydrogen (secondary N) is 1. The fourth-order valence-corrected chi connectivity index (χ4v) is 3.63. The summed E-state index contributed by atoms with van der Waals surface area (Å²) in [5, 5.41) is 0. The van der Waals surface area contributed by atoms with Crippen LogP contribution in [0.1, 0.15) is 37.5 Å². The maximum Gasteiger partial charge on any atom is 0.187 e. The zero-order valence-electron chi connectivity index (χ0n) is 13.5. The van der Waals surface area contributed by atoms with Crippen LogP contribution in [0.4, 0.5) is 5.69 Å². The van der Waals surface area contributed by atoms with Crippen molar-refractivity contribution in [3.63, 3.8) is 0 Å². The standard InChI is InChI=1S/C20H20N4/c1-22-16-9-6-13(7-10-16)15-8-11-17-18(12-15)24-20(23-17)19(21)14-4-2-3-5-14/h6-12,14,19H,2-5,21H2,(H,23,24)/t19-/m0/s1. The lowest BCUT2D eigenvalue weighted by molar-refractivity contribution is 0.431. The molecule has 120 valence electrons. The Balaban J connectivity index is 1.66. The lowest BCUT2D eigenvalue weighted by Gasteiger charge is -2.15. The summed E-state index contributed by atoms with van der Waals surface area (Å²) in [4.78, 5) is 11.6. The van der Waals surface area contributed by atoms with Crippen molar-refractivity contribution in [2.75, 3.05) is 0 Å². The molecular formula is C20H20N4.